The highest BCUT2D eigenvalue weighted by molar-refractivity contribution is 4.84. The maximum Gasteiger partial charge on any atom is 0.0543 e. The van der Waals surface area contributed by atoms with Crippen LogP contribution in [0.2, 0.25) is 0 Å². The SMILES string of the molecule is CC1CCCC(NCC2CCC(O)C2)C1C. The molecule has 0 bridgehead atoms. The summed E-state index contributed by atoms with van der Waals surface area (Å²) in [4.78, 5) is 0. The Morgan fingerprint density at radius 2 is 1.94 bits per heavy atom. The van der Waals surface area contributed by atoms with Gasteiger partial charge in [-0.2, -0.15) is 0 Å². The predicted molar refractivity (Wildman–Crippen MR) is 67.3 cm³/mol. The van der Waals surface area contributed by atoms with Crippen molar-refractivity contribution in [2.45, 2.75) is 64.5 Å². The first-order valence-corrected chi connectivity index (χ1v) is 7.08. The normalized spacial score (nSPS) is 44.8. The molecule has 0 aromatic rings. The molecular formula is C14H27NO. The summed E-state index contributed by atoms with van der Waals surface area (Å²) >= 11 is 0. The standard InChI is InChI=1S/C14H27NO/c1-10-4-3-5-14(11(10)2)15-9-12-6-7-13(16)8-12/h10-16H,3-9H2,1-2H3. The molecule has 2 nitrogen and oxygen atoms in total. The minimum Gasteiger partial charge on any atom is -0.393 e. The molecule has 0 heterocycles. The van der Waals surface area contributed by atoms with Crippen molar-refractivity contribution in [1.82, 2.24) is 5.32 Å². The molecule has 0 spiro atoms. The van der Waals surface area contributed by atoms with E-state index >= 15 is 0 Å². The van der Waals surface area contributed by atoms with Crippen LogP contribution in [0, 0.1) is 17.8 Å². The van der Waals surface area contributed by atoms with Crippen LogP contribution in [-0.4, -0.2) is 23.8 Å². The molecule has 2 heteroatoms. The van der Waals surface area contributed by atoms with E-state index in [1.807, 2.05) is 0 Å². The highest BCUT2D eigenvalue weighted by Gasteiger charge is 2.28. The lowest BCUT2D eigenvalue weighted by Crippen LogP contribution is -2.42. The number of aliphatic hydroxyl groups excluding tert-OH is 1. The summed E-state index contributed by atoms with van der Waals surface area (Å²) in [5.41, 5.74) is 0. The Morgan fingerprint density at radius 3 is 2.62 bits per heavy atom. The Bertz CT molecular complexity index is 219. The van der Waals surface area contributed by atoms with Gasteiger partial charge in [-0.1, -0.05) is 26.7 Å². The lowest BCUT2D eigenvalue weighted by molar-refractivity contribution is 0.172. The van der Waals surface area contributed by atoms with Crippen LogP contribution in [0.4, 0.5) is 0 Å². The summed E-state index contributed by atoms with van der Waals surface area (Å²) in [5, 5.41) is 13.3. The molecule has 0 amide bonds. The molecule has 2 aliphatic carbocycles. The van der Waals surface area contributed by atoms with Crippen LogP contribution < -0.4 is 5.32 Å². The van der Waals surface area contributed by atoms with Gasteiger partial charge in [-0.3, -0.25) is 0 Å². The van der Waals surface area contributed by atoms with Crippen LogP contribution in [0.25, 0.3) is 0 Å². The van der Waals surface area contributed by atoms with E-state index in [1.54, 1.807) is 0 Å². The molecule has 2 fully saturated rings. The molecule has 5 atom stereocenters. The minimum atomic E-state index is -0.0190. The smallest absolute Gasteiger partial charge is 0.0543 e. The van der Waals surface area contributed by atoms with Crippen molar-refractivity contribution in [1.29, 1.82) is 0 Å². The zero-order valence-electron chi connectivity index (χ0n) is 10.8. The fraction of sp³-hybridized carbons (Fsp3) is 1.00. The average molecular weight is 225 g/mol. The van der Waals surface area contributed by atoms with Gasteiger partial charge >= 0.3 is 0 Å². The Morgan fingerprint density at radius 1 is 1.12 bits per heavy atom. The van der Waals surface area contributed by atoms with Crippen molar-refractivity contribution in [3.8, 4) is 0 Å². The summed E-state index contributed by atoms with van der Waals surface area (Å²) < 4.78 is 0. The number of nitrogens with one attached hydrogen (secondary N) is 1. The Hall–Kier alpha value is -0.0800. The van der Waals surface area contributed by atoms with Crippen LogP contribution in [0.15, 0.2) is 0 Å². The topological polar surface area (TPSA) is 32.3 Å². The van der Waals surface area contributed by atoms with Crippen LogP contribution in [0.3, 0.4) is 0 Å². The molecular weight excluding hydrogens is 198 g/mol. The molecule has 16 heavy (non-hydrogen) atoms. The third-order valence-electron chi connectivity index (χ3n) is 4.89. The molecule has 0 saturated heterocycles. The Balaban J connectivity index is 1.72. The fourth-order valence-corrected chi connectivity index (χ4v) is 3.42. The molecule has 0 aromatic carbocycles. The van der Waals surface area contributed by atoms with E-state index in [2.05, 4.69) is 19.2 Å². The third kappa shape index (κ3) is 2.98. The minimum absolute atomic E-state index is 0.0190. The van der Waals surface area contributed by atoms with Gasteiger partial charge in [0.05, 0.1) is 6.10 Å². The van der Waals surface area contributed by atoms with Gasteiger partial charge in [-0.15, -0.1) is 0 Å². The van der Waals surface area contributed by atoms with E-state index in [0.717, 1.165) is 43.2 Å². The zero-order valence-corrected chi connectivity index (χ0v) is 10.8. The highest BCUT2D eigenvalue weighted by Crippen LogP contribution is 2.30. The Kier molecular flexibility index (Phi) is 4.26. The first-order chi connectivity index (χ1) is 7.66. The lowest BCUT2D eigenvalue weighted by atomic mass is 9.78. The van der Waals surface area contributed by atoms with Crippen LogP contribution >= 0.6 is 0 Å². The third-order valence-corrected chi connectivity index (χ3v) is 4.89. The highest BCUT2D eigenvalue weighted by atomic mass is 16.3. The van der Waals surface area contributed by atoms with Crippen molar-refractivity contribution in [2.75, 3.05) is 6.54 Å². The first kappa shape index (κ1) is 12.4. The molecule has 94 valence electrons. The van der Waals surface area contributed by atoms with Crippen molar-refractivity contribution >= 4 is 0 Å². The van der Waals surface area contributed by atoms with E-state index < -0.39 is 0 Å². The van der Waals surface area contributed by atoms with E-state index in [-0.39, 0.29) is 6.10 Å². The van der Waals surface area contributed by atoms with Crippen LogP contribution in [-0.2, 0) is 0 Å². The van der Waals surface area contributed by atoms with Crippen molar-refractivity contribution < 1.29 is 5.11 Å². The zero-order chi connectivity index (χ0) is 11.5. The van der Waals surface area contributed by atoms with E-state index in [9.17, 15) is 5.11 Å². The summed E-state index contributed by atoms with van der Waals surface area (Å²) in [6, 6.07) is 0.724. The van der Waals surface area contributed by atoms with E-state index in [0.29, 0.717) is 0 Å². The largest absolute Gasteiger partial charge is 0.393 e. The van der Waals surface area contributed by atoms with Gasteiger partial charge in [0.15, 0.2) is 0 Å². The summed E-state index contributed by atoms with van der Waals surface area (Å²) in [6.45, 7) is 5.90. The van der Waals surface area contributed by atoms with Crippen molar-refractivity contribution in [2.24, 2.45) is 17.8 Å². The second-order valence-electron chi connectivity index (χ2n) is 6.11. The van der Waals surface area contributed by atoms with Gasteiger partial charge in [0.2, 0.25) is 0 Å². The second-order valence-corrected chi connectivity index (χ2v) is 6.11. The molecule has 2 N–H and O–H groups in total. The molecule has 0 aromatic heterocycles. The maximum atomic E-state index is 9.50. The van der Waals surface area contributed by atoms with Crippen LogP contribution in [0.5, 0.6) is 0 Å². The average Bonchev–Trinajstić information content (AvgIpc) is 2.67. The van der Waals surface area contributed by atoms with Crippen molar-refractivity contribution in [3.05, 3.63) is 0 Å². The lowest BCUT2D eigenvalue weighted by Gasteiger charge is -2.35. The van der Waals surface area contributed by atoms with Gasteiger partial charge in [-0.05, 0) is 50.0 Å². The fourth-order valence-electron chi connectivity index (χ4n) is 3.42. The number of rotatable bonds is 3. The van der Waals surface area contributed by atoms with Gasteiger partial charge < -0.3 is 10.4 Å². The quantitative estimate of drug-likeness (QED) is 0.773. The summed E-state index contributed by atoms with van der Waals surface area (Å²) in [7, 11) is 0. The molecule has 5 unspecified atom stereocenters. The number of aliphatic hydroxyl groups is 1. The molecule has 2 rings (SSSR count). The second kappa shape index (κ2) is 5.50. The van der Waals surface area contributed by atoms with Gasteiger partial charge in [0.25, 0.3) is 0 Å². The number of hydrogen-bond donors (Lipinski definition) is 2. The molecule has 2 saturated carbocycles. The van der Waals surface area contributed by atoms with Gasteiger partial charge in [0.1, 0.15) is 0 Å². The summed E-state index contributed by atoms with van der Waals surface area (Å²) in [5.74, 6) is 2.42. The summed E-state index contributed by atoms with van der Waals surface area (Å²) in [6.07, 6.45) is 7.37. The Labute approximate surface area is 99.8 Å². The van der Waals surface area contributed by atoms with E-state index in [4.69, 9.17) is 0 Å². The van der Waals surface area contributed by atoms with Gasteiger partial charge in [0, 0.05) is 6.04 Å². The first-order valence-electron chi connectivity index (χ1n) is 7.08. The molecule has 2 aliphatic rings. The molecule has 0 aliphatic heterocycles. The number of hydrogen-bond acceptors (Lipinski definition) is 2. The maximum absolute atomic E-state index is 9.50. The predicted octanol–water partition coefficient (Wildman–Crippen LogP) is 2.56. The monoisotopic (exact) mass is 225 g/mol. The van der Waals surface area contributed by atoms with E-state index in [1.165, 1.54) is 25.7 Å². The van der Waals surface area contributed by atoms with Gasteiger partial charge in [-0.25, -0.2) is 0 Å². The molecule has 0 radical (unpaired) electrons. The van der Waals surface area contributed by atoms with Crippen LogP contribution in [0.1, 0.15) is 52.4 Å². The van der Waals surface area contributed by atoms with Crippen molar-refractivity contribution in [3.63, 3.8) is 0 Å².